The van der Waals surface area contributed by atoms with Crippen LogP contribution in [0.5, 0.6) is 0 Å². The molecule has 0 saturated heterocycles. The second-order valence-electron chi connectivity index (χ2n) is 5.31. The molecule has 1 saturated carbocycles. The predicted octanol–water partition coefficient (Wildman–Crippen LogP) is 1.12. The van der Waals surface area contributed by atoms with Crippen LogP contribution < -0.4 is 0 Å². The SMILES string of the molecule is CC(c1nc(C2CC2)no1)N1CCn2ncnc2C1. The van der Waals surface area contributed by atoms with E-state index in [1.807, 2.05) is 4.68 Å². The van der Waals surface area contributed by atoms with Gasteiger partial charge in [-0.3, -0.25) is 4.90 Å². The van der Waals surface area contributed by atoms with Crippen molar-refractivity contribution in [3.63, 3.8) is 0 Å². The Bertz CT molecular complexity index is 587. The highest BCUT2D eigenvalue weighted by atomic mass is 16.5. The lowest BCUT2D eigenvalue weighted by molar-refractivity contribution is 0.132. The van der Waals surface area contributed by atoms with Gasteiger partial charge in [-0.1, -0.05) is 5.16 Å². The van der Waals surface area contributed by atoms with E-state index in [9.17, 15) is 0 Å². The van der Waals surface area contributed by atoms with Crippen LogP contribution >= 0.6 is 0 Å². The summed E-state index contributed by atoms with van der Waals surface area (Å²) < 4.78 is 7.36. The van der Waals surface area contributed by atoms with Crippen molar-refractivity contribution < 1.29 is 4.52 Å². The normalized spacial score (nSPS) is 21.3. The van der Waals surface area contributed by atoms with Gasteiger partial charge in [-0.15, -0.1) is 0 Å². The van der Waals surface area contributed by atoms with Crippen molar-refractivity contribution in [1.29, 1.82) is 0 Å². The molecule has 2 aromatic rings. The molecular weight excluding hydrogens is 244 g/mol. The highest BCUT2D eigenvalue weighted by molar-refractivity contribution is 5.05. The summed E-state index contributed by atoms with van der Waals surface area (Å²) in [6.07, 6.45) is 4.00. The smallest absolute Gasteiger partial charge is 0.243 e. The standard InChI is InChI=1S/C12H16N6O/c1-8(12-15-11(16-19-12)9-2-3-9)17-4-5-18-10(6-17)13-7-14-18/h7-9H,2-6H2,1H3. The molecule has 0 radical (unpaired) electrons. The lowest BCUT2D eigenvalue weighted by atomic mass is 10.2. The van der Waals surface area contributed by atoms with Crippen molar-refractivity contribution in [2.75, 3.05) is 6.54 Å². The van der Waals surface area contributed by atoms with Gasteiger partial charge < -0.3 is 4.52 Å². The second kappa shape index (κ2) is 4.12. The number of aromatic nitrogens is 5. The van der Waals surface area contributed by atoms with E-state index in [1.54, 1.807) is 6.33 Å². The molecule has 0 aromatic carbocycles. The summed E-state index contributed by atoms with van der Waals surface area (Å²) in [5, 5.41) is 8.27. The van der Waals surface area contributed by atoms with Crippen molar-refractivity contribution in [2.24, 2.45) is 0 Å². The van der Waals surface area contributed by atoms with Crippen LogP contribution in [-0.2, 0) is 13.1 Å². The van der Waals surface area contributed by atoms with Gasteiger partial charge in [0.05, 0.1) is 19.1 Å². The first-order valence-electron chi connectivity index (χ1n) is 6.75. The maximum absolute atomic E-state index is 5.40. The first-order valence-corrected chi connectivity index (χ1v) is 6.75. The molecule has 1 aliphatic heterocycles. The van der Waals surface area contributed by atoms with Gasteiger partial charge in [0.1, 0.15) is 12.2 Å². The van der Waals surface area contributed by atoms with Crippen LogP contribution in [0, 0.1) is 0 Å². The molecule has 2 aliphatic rings. The first-order chi connectivity index (χ1) is 9.31. The van der Waals surface area contributed by atoms with E-state index in [-0.39, 0.29) is 6.04 Å². The molecule has 4 rings (SSSR count). The van der Waals surface area contributed by atoms with Gasteiger partial charge in [0.25, 0.3) is 0 Å². The van der Waals surface area contributed by atoms with E-state index in [4.69, 9.17) is 4.52 Å². The summed E-state index contributed by atoms with van der Waals surface area (Å²) in [5.74, 6) is 3.13. The number of hydrogen-bond acceptors (Lipinski definition) is 6. The quantitative estimate of drug-likeness (QED) is 0.823. The largest absolute Gasteiger partial charge is 0.338 e. The highest BCUT2D eigenvalue weighted by Gasteiger charge is 2.31. The Hall–Kier alpha value is -1.76. The van der Waals surface area contributed by atoms with E-state index in [2.05, 4.69) is 32.0 Å². The van der Waals surface area contributed by atoms with Crippen molar-refractivity contribution >= 4 is 0 Å². The van der Waals surface area contributed by atoms with Crippen molar-refractivity contribution in [3.05, 3.63) is 23.9 Å². The Kier molecular flexibility index (Phi) is 2.41. The fourth-order valence-electron chi connectivity index (χ4n) is 2.49. The average Bonchev–Trinajstić information content (AvgIpc) is 3.00. The second-order valence-corrected chi connectivity index (χ2v) is 5.31. The number of fused-ring (bicyclic) bond motifs is 1. The van der Waals surface area contributed by atoms with Crippen LogP contribution in [0.4, 0.5) is 0 Å². The van der Waals surface area contributed by atoms with E-state index < -0.39 is 0 Å². The van der Waals surface area contributed by atoms with Gasteiger partial charge in [0.2, 0.25) is 5.89 Å². The number of rotatable bonds is 3. The third-order valence-corrected chi connectivity index (χ3v) is 3.94. The lowest BCUT2D eigenvalue weighted by Crippen LogP contribution is -2.36. The van der Waals surface area contributed by atoms with Gasteiger partial charge in [-0.05, 0) is 19.8 Å². The molecule has 0 spiro atoms. The molecule has 1 atom stereocenters. The summed E-state index contributed by atoms with van der Waals surface area (Å²) in [6.45, 7) is 4.68. The molecule has 19 heavy (non-hydrogen) atoms. The minimum atomic E-state index is 0.130. The van der Waals surface area contributed by atoms with Gasteiger partial charge in [-0.2, -0.15) is 10.1 Å². The molecule has 7 nitrogen and oxygen atoms in total. The molecule has 2 aromatic heterocycles. The van der Waals surface area contributed by atoms with Crippen LogP contribution in [-0.4, -0.2) is 36.3 Å². The topological polar surface area (TPSA) is 72.9 Å². The zero-order valence-electron chi connectivity index (χ0n) is 10.9. The predicted molar refractivity (Wildman–Crippen MR) is 65.1 cm³/mol. The molecule has 1 aliphatic carbocycles. The first kappa shape index (κ1) is 11.1. The third kappa shape index (κ3) is 1.94. The van der Waals surface area contributed by atoms with Crippen LogP contribution in [0.2, 0.25) is 0 Å². The van der Waals surface area contributed by atoms with Gasteiger partial charge >= 0.3 is 0 Å². The minimum absolute atomic E-state index is 0.130. The fraction of sp³-hybridized carbons (Fsp3) is 0.667. The van der Waals surface area contributed by atoms with Crippen LogP contribution in [0.15, 0.2) is 10.9 Å². The average molecular weight is 260 g/mol. The zero-order valence-corrected chi connectivity index (χ0v) is 10.9. The monoisotopic (exact) mass is 260 g/mol. The molecule has 7 heteroatoms. The van der Waals surface area contributed by atoms with Gasteiger partial charge in [0.15, 0.2) is 5.82 Å². The Balaban J connectivity index is 1.52. The Labute approximate surface area is 110 Å². The van der Waals surface area contributed by atoms with Crippen molar-refractivity contribution in [3.8, 4) is 0 Å². The van der Waals surface area contributed by atoms with Gasteiger partial charge in [0, 0.05) is 12.5 Å². The number of hydrogen-bond donors (Lipinski definition) is 0. The Morgan fingerprint density at radius 2 is 2.26 bits per heavy atom. The summed E-state index contributed by atoms with van der Waals surface area (Å²) in [4.78, 5) is 11.1. The summed E-state index contributed by atoms with van der Waals surface area (Å²) >= 11 is 0. The molecule has 0 amide bonds. The fourth-order valence-corrected chi connectivity index (χ4v) is 2.49. The highest BCUT2D eigenvalue weighted by Crippen LogP contribution is 2.38. The van der Waals surface area contributed by atoms with E-state index in [0.717, 1.165) is 37.2 Å². The maximum atomic E-state index is 5.40. The zero-order chi connectivity index (χ0) is 12.8. The molecule has 0 N–H and O–H groups in total. The molecule has 0 bridgehead atoms. The summed E-state index contributed by atoms with van der Waals surface area (Å²) in [7, 11) is 0. The summed E-state index contributed by atoms with van der Waals surface area (Å²) in [5.41, 5.74) is 0. The molecule has 100 valence electrons. The molecular formula is C12H16N6O. The molecule has 1 fully saturated rings. The minimum Gasteiger partial charge on any atom is -0.338 e. The maximum Gasteiger partial charge on any atom is 0.243 e. The third-order valence-electron chi connectivity index (χ3n) is 3.94. The molecule has 1 unspecified atom stereocenters. The van der Waals surface area contributed by atoms with Crippen LogP contribution in [0.25, 0.3) is 0 Å². The number of nitrogens with zero attached hydrogens (tertiary/aromatic N) is 6. The lowest BCUT2D eigenvalue weighted by Gasteiger charge is -2.29. The Morgan fingerprint density at radius 3 is 3.11 bits per heavy atom. The van der Waals surface area contributed by atoms with Crippen molar-refractivity contribution in [1.82, 2.24) is 29.8 Å². The summed E-state index contributed by atoms with van der Waals surface area (Å²) in [6, 6.07) is 0.130. The van der Waals surface area contributed by atoms with Crippen LogP contribution in [0.3, 0.4) is 0 Å². The van der Waals surface area contributed by atoms with E-state index in [1.165, 1.54) is 12.8 Å². The van der Waals surface area contributed by atoms with Crippen molar-refractivity contribution in [2.45, 2.75) is 44.8 Å². The molecule has 3 heterocycles. The van der Waals surface area contributed by atoms with E-state index in [0.29, 0.717) is 5.92 Å². The Morgan fingerprint density at radius 1 is 1.37 bits per heavy atom. The van der Waals surface area contributed by atoms with Gasteiger partial charge in [-0.25, -0.2) is 9.67 Å². The van der Waals surface area contributed by atoms with Crippen LogP contribution in [0.1, 0.15) is 49.3 Å². The van der Waals surface area contributed by atoms with E-state index >= 15 is 0 Å².